The first-order valence-corrected chi connectivity index (χ1v) is 8.02. The number of rotatable bonds is 6. The van der Waals surface area contributed by atoms with Crippen LogP contribution in [0.25, 0.3) is 0 Å². The Morgan fingerprint density at radius 2 is 2.19 bits per heavy atom. The maximum Gasteiger partial charge on any atom is 0.317 e. The van der Waals surface area contributed by atoms with Crippen molar-refractivity contribution < 1.29 is 27.4 Å². The van der Waals surface area contributed by atoms with E-state index in [0.717, 1.165) is 0 Å². The predicted octanol–water partition coefficient (Wildman–Crippen LogP) is 0.390. The minimum absolute atomic E-state index is 0.0566. The summed E-state index contributed by atoms with van der Waals surface area (Å²) in [5, 5.41) is 5.08. The molecule has 2 N–H and O–H groups in total. The van der Waals surface area contributed by atoms with Gasteiger partial charge in [-0.05, 0) is 25.1 Å². The molecule has 0 bridgehead atoms. The van der Waals surface area contributed by atoms with Crippen LogP contribution in [0.3, 0.4) is 0 Å². The average molecular weight is 315 g/mol. The van der Waals surface area contributed by atoms with Crippen LogP contribution in [-0.4, -0.2) is 40.8 Å². The predicted molar refractivity (Wildman–Crippen MR) is 73.5 cm³/mol. The molecule has 7 nitrogen and oxygen atoms in total. The van der Waals surface area contributed by atoms with Crippen molar-refractivity contribution in [2.45, 2.75) is 17.7 Å². The van der Waals surface area contributed by atoms with Crippen molar-refractivity contribution in [3.8, 4) is 5.75 Å². The second kappa shape index (κ2) is 6.42. The molecule has 0 spiro atoms. The first-order chi connectivity index (χ1) is 9.93. The number of carbonyl (C=O) groups is 1. The standard InChI is InChI=1S/C13H17NO6S/c1-2-18-5-6-19-13(15)11-8-20-12-4-3-9(7-10(11)12)21(14,16)17/h3-4,7,11H,2,5-6,8H2,1H3,(H2,14,16,17). The molecule has 0 saturated carbocycles. The monoisotopic (exact) mass is 315 g/mol. The Bertz CT molecular complexity index is 628. The van der Waals surface area contributed by atoms with Gasteiger partial charge in [0.05, 0.1) is 11.5 Å². The van der Waals surface area contributed by atoms with Crippen LogP contribution in [0.1, 0.15) is 18.4 Å². The molecule has 0 aliphatic carbocycles. The molecule has 21 heavy (non-hydrogen) atoms. The molecule has 1 heterocycles. The number of hydrogen-bond acceptors (Lipinski definition) is 6. The van der Waals surface area contributed by atoms with Crippen LogP contribution in [0.5, 0.6) is 5.75 Å². The number of hydrogen-bond donors (Lipinski definition) is 1. The summed E-state index contributed by atoms with van der Waals surface area (Å²) in [5.74, 6) is -0.655. The lowest BCUT2D eigenvalue weighted by atomic mass is 10.0. The van der Waals surface area contributed by atoms with Gasteiger partial charge >= 0.3 is 5.97 Å². The summed E-state index contributed by atoms with van der Waals surface area (Å²) in [6.45, 7) is 2.98. The molecule has 1 aliphatic heterocycles. The van der Waals surface area contributed by atoms with E-state index in [-0.39, 0.29) is 18.1 Å². The van der Waals surface area contributed by atoms with Gasteiger partial charge in [0, 0.05) is 12.2 Å². The summed E-state index contributed by atoms with van der Waals surface area (Å²) >= 11 is 0. The number of carbonyl (C=O) groups excluding carboxylic acids is 1. The lowest BCUT2D eigenvalue weighted by Gasteiger charge is -2.10. The van der Waals surface area contributed by atoms with E-state index < -0.39 is 21.9 Å². The Labute approximate surface area is 123 Å². The first-order valence-electron chi connectivity index (χ1n) is 6.47. The molecule has 0 amide bonds. The Balaban J connectivity index is 2.11. The number of sulfonamides is 1. The van der Waals surface area contributed by atoms with Gasteiger partial charge < -0.3 is 14.2 Å². The van der Waals surface area contributed by atoms with E-state index in [9.17, 15) is 13.2 Å². The van der Waals surface area contributed by atoms with Gasteiger partial charge in [0.25, 0.3) is 0 Å². The van der Waals surface area contributed by atoms with Gasteiger partial charge in [-0.3, -0.25) is 4.79 Å². The summed E-state index contributed by atoms with van der Waals surface area (Å²) in [6.07, 6.45) is 0. The normalized spacial score (nSPS) is 17.1. The third-order valence-electron chi connectivity index (χ3n) is 3.05. The maximum absolute atomic E-state index is 12.0. The minimum atomic E-state index is -3.83. The third-order valence-corrected chi connectivity index (χ3v) is 3.96. The largest absolute Gasteiger partial charge is 0.492 e. The summed E-state index contributed by atoms with van der Waals surface area (Å²) in [6, 6.07) is 4.19. The minimum Gasteiger partial charge on any atom is -0.492 e. The summed E-state index contributed by atoms with van der Waals surface area (Å²) in [7, 11) is -3.83. The fourth-order valence-electron chi connectivity index (χ4n) is 2.01. The molecular weight excluding hydrogens is 298 g/mol. The van der Waals surface area contributed by atoms with Crippen molar-refractivity contribution >= 4 is 16.0 Å². The number of nitrogens with two attached hydrogens (primary N) is 1. The van der Waals surface area contributed by atoms with Gasteiger partial charge in [0.2, 0.25) is 10.0 Å². The Kier molecular flexibility index (Phi) is 4.81. The van der Waals surface area contributed by atoms with Crippen molar-refractivity contribution in [2.24, 2.45) is 5.14 Å². The number of primary sulfonamides is 1. The number of esters is 1. The zero-order valence-electron chi connectivity index (χ0n) is 11.6. The maximum atomic E-state index is 12.0. The van der Waals surface area contributed by atoms with Crippen molar-refractivity contribution in [1.29, 1.82) is 0 Å². The highest BCUT2D eigenvalue weighted by atomic mass is 32.2. The van der Waals surface area contributed by atoms with Gasteiger partial charge in [0.15, 0.2) is 0 Å². The van der Waals surface area contributed by atoms with Crippen LogP contribution in [-0.2, 0) is 24.3 Å². The summed E-state index contributed by atoms with van der Waals surface area (Å²) in [4.78, 5) is 11.9. The molecule has 2 rings (SSSR count). The lowest BCUT2D eigenvalue weighted by molar-refractivity contribution is -0.147. The van der Waals surface area contributed by atoms with Crippen LogP contribution in [0.2, 0.25) is 0 Å². The average Bonchev–Trinajstić information content (AvgIpc) is 2.85. The quantitative estimate of drug-likeness (QED) is 0.601. The van der Waals surface area contributed by atoms with E-state index in [1.54, 1.807) is 0 Å². The van der Waals surface area contributed by atoms with Crippen molar-refractivity contribution in [1.82, 2.24) is 0 Å². The topological polar surface area (TPSA) is 105 Å². The van der Waals surface area contributed by atoms with E-state index in [2.05, 4.69) is 0 Å². The summed E-state index contributed by atoms with van der Waals surface area (Å²) < 4.78 is 38.2. The number of fused-ring (bicyclic) bond motifs is 1. The highest BCUT2D eigenvalue weighted by Crippen LogP contribution is 2.36. The highest BCUT2D eigenvalue weighted by Gasteiger charge is 2.32. The Hall–Kier alpha value is -1.64. The smallest absolute Gasteiger partial charge is 0.317 e. The lowest BCUT2D eigenvalue weighted by Crippen LogP contribution is -2.20. The molecule has 1 aromatic rings. The number of benzene rings is 1. The van der Waals surface area contributed by atoms with Crippen LogP contribution in [0.4, 0.5) is 0 Å². The molecule has 0 fully saturated rings. The number of ether oxygens (including phenoxy) is 3. The SMILES string of the molecule is CCOCCOC(=O)C1COc2ccc(S(N)(=O)=O)cc21. The van der Waals surface area contributed by atoms with Gasteiger partial charge in [-0.1, -0.05) is 0 Å². The second-order valence-corrected chi connectivity index (χ2v) is 6.03. The van der Waals surface area contributed by atoms with Gasteiger partial charge in [-0.25, -0.2) is 13.6 Å². The molecule has 1 atom stereocenters. The highest BCUT2D eigenvalue weighted by molar-refractivity contribution is 7.89. The van der Waals surface area contributed by atoms with Crippen LogP contribution in [0, 0.1) is 0 Å². The van der Waals surface area contributed by atoms with E-state index in [4.69, 9.17) is 19.3 Å². The third kappa shape index (κ3) is 3.72. The van der Waals surface area contributed by atoms with E-state index in [1.807, 2.05) is 6.92 Å². The summed E-state index contributed by atoms with van der Waals surface area (Å²) in [5.41, 5.74) is 0.475. The zero-order chi connectivity index (χ0) is 15.5. The first kappa shape index (κ1) is 15.7. The van der Waals surface area contributed by atoms with Crippen molar-refractivity contribution in [2.75, 3.05) is 26.4 Å². The second-order valence-electron chi connectivity index (χ2n) is 4.47. The van der Waals surface area contributed by atoms with E-state index in [1.165, 1.54) is 18.2 Å². The van der Waals surface area contributed by atoms with Crippen molar-refractivity contribution in [3.63, 3.8) is 0 Å². The Morgan fingerprint density at radius 1 is 1.43 bits per heavy atom. The van der Waals surface area contributed by atoms with Crippen LogP contribution >= 0.6 is 0 Å². The van der Waals surface area contributed by atoms with Crippen molar-refractivity contribution in [3.05, 3.63) is 23.8 Å². The fraction of sp³-hybridized carbons (Fsp3) is 0.462. The Morgan fingerprint density at radius 3 is 2.86 bits per heavy atom. The van der Waals surface area contributed by atoms with Gasteiger partial charge in [-0.2, -0.15) is 0 Å². The zero-order valence-corrected chi connectivity index (χ0v) is 12.4. The van der Waals surface area contributed by atoms with Crippen LogP contribution in [0.15, 0.2) is 23.1 Å². The fourth-order valence-corrected chi connectivity index (χ4v) is 2.56. The molecule has 0 saturated heterocycles. The molecule has 0 aromatic heterocycles. The van der Waals surface area contributed by atoms with E-state index in [0.29, 0.717) is 24.5 Å². The molecule has 1 unspecified atom stereocenters. The molecule has 8 heteroatoms. The van der Waals surface area contributed by atoms with E-state index >= 15 is 0 Å². The molecule has 1 aromatic carbocycles. The van der Waals surface area contributed by atoms with Crippen LogP contribution < -0.4 is 9.88 Å². The van der Waals surface area contributed by atoms with Gasteiger partial charge in [0.1, 0.15) is 24.9 Å². The van der Waals surface area contributed by atoms with Gasteiger partial charge in [-0.15, -0.1) is 0 Å². The molecule has 116 valence electrons. The molecule has 0 radical (unpaired) electrons. The molecule has 1 aliphatic rings. The molecular formula is C13H17NO6S.